The molecule has 1 aliphatic heterocycles. The fourth-order valence-electron chi connectivity index (χ4n) is 3.18. The Balaban J connectivity index is 1.46. The van der Waals surface area contributed by atoms with Crippen molar-refractivity contribution in [1.29, 1.82) is 0 Å². The van der Waals surface area contributed by atoms with Crippen molar-refractivity contribution in [2.75, 3.05) is 12.3 Å². The maximum Gasteiger partial charge on any atom is 0.253 e. The summed E-state index contributed by atoms with van der Waals surface area (Å²) in [4.78, 5) is 12.7. The highest BCUT2D eigenvalue weighted by Crippen LogP contribution is 2.27. The first kappa shape index (κ1) is 19.2. The number of furan rings is 1. The normalized spacial score (nSPS) is 13.6. The Morgan fingerprint density at radius 2 is 2.10 bits per heavy atom. The third-order valence-corrected chi connectivity index (χ3v) is 5.60. The molecule has 0 bridgehead atoms. The molecule has 3 aromatic rings. The molecular weight excluding hydrogens is 386 g/mol. The summed E-state index contributed by atoms with van der Waals surface area (Å²) in [5.41, 5.74) is 2.88. The van der Waals surface area contributed by atoms with Crippen molar-refractivity contribution in [3.05, 3.63) is 66.6 Å². The number of aryl methyl sites for hydroxylation is 1. The SMILES string of the molecule is C=CCn1c(SCC(=O)N2CCC(c3ccccc3)=N2)nnc1-c1ccoc1C. The highest BCUT2D eigenvalue weighted by Gasteiger charge is 2.23. The monoisotopic (exact) mass is 407 g/mol. The first-order chi connectivity index (χ1) is 14.2. The van der Waals surface area contributed by atoms with Gasteiger partial charge < -0.3 is 4.42 Å². The molecule has 0 aliphatic carbocycles. The minimum absolute atomic E-state index is 0.0462. The number of nitrogens with zero attached hydrogens (tertiary/aromatic N) is 5. The molecule has 3 heterocycles. The lowest BCUT2D eigenvalue weighted by Gasteiger charge is -2.11. The molecule has 0 saturated carbocycles. The number of carbonyl (C=O) groups is 1. The van der Waals surface area contributed by atoms with E-state index in [0.29, 0.717) is 24.1 Å². The molecule has 4 rings (SSSR count). The standard InChI is InChI=1S/C21H21N5O2S/c1-3-11-25-20(17-10-13-28-15(17)2)22-23-21(25)29-14-19(27)26-12-9-18(24-26)16-7-5-4-6-8-16/h3-8,10,13H,1,9,11-12,14H2,2H3. The van der Waals surface area contributed by atoms with E-state index in [9.17, 15) is 4.79 Å². The maximum absolute atomic E-state index is 12.7. The third kappa shape index (κ3) is 4.02. The lowest BCUT2D eigenvalue weighted by molar-refractivity contribution is -0.127. The van der Waals surface area contributed by atoms with E-state index in [1.807, 2.05) is 47.9 Å². The molecule has 8 heteroatoms. The number of thioether (sulfide) groups is 1. The molecule has 0 saturated heterocycles. The van der Waals surface area contributed by atoms with Gasteiger partial charge in [0.05, 0.1) is 29.8 Å². The van der Waals surface area contributed by atoms with Crippen molar-refractivity contribution in [1.82, 2.24) is 19.8 Å². The van der Waals surface area contributed by atoms with E-state index < -0.39 is 0 Å². The number of rotatable bonds is 7. The zero-order valence-corrected chi connectivity index (χ0v) is 16.9. The van der Waals surface area contributed by atoms with Crippen molar-refractivity contribution in [2.24, 2.45) is 5.10 Å². The molecule has 1 aliphatic rings. The van der Waals surface area contributed by atoms with Crippen molar-refractivity contribution in [3.63, 3.8) is 0 Å². The average Bonchev–Trinajstić information content (AvgIpc) is 3.47. The second-order valence-electron chi connectivity index (χ2n) is 6.56. The fourth-order valence-corrected chi connectivity index (χ4v) is 3.99. The number of hydrogen-bond donors (Lipinski definition) is 0. The molecule has 1 aromatic carbocycles. The third-order valence-electron chi connectivity index (χ3n) is 4.65. The first-order valence-electron chi connectivity index (χ1n) is 9.32. The minimum Gasteiger partial charge on any atom is -0.469 e. The molecule has 1 amide bonds. The van der Waals surface area contributed by atoms with E-state index in [4.69, 9.17) is 4.42 Å². The summed E-state index contributed by atoms with van der Waals surface area (Å²) in [6.45, 7) is 6.84. The number of amides is 1. The molecule has 2 aromatic heterocycles. The highest BCUT2D eigenvalue weighted by molar-refractivity contribution is 7.99. The van der Waals surface area contributed by atoms with Gasteiger partial charge in [-0.3, -0.25) is 9.36 Å². The van der Waals surface area contributed by atoms with Crippen LogP contribution in [0, 0.1) is 6.92 Å². The van der Waals surface area contributed by atoms with Crippen LogP contribution in [0.3, 0.4) is 0 Å². The highest BCUT2D eigenvalue weighted by atomic mass is 32.2. The van der Waals surface area contributed by atoms with Crippen molar-refractivity contribution in [2.45, 2.75) is 25.0 Å². The van der Waals surface area contributed by atoms with Gasteiger partial charge in [0.25, 0.3) is 5.91 Å². The second kappa shape index (κ2) is 8.48. The number of hydrogen-bond acceptors (Lipinski definition) is 6. The molecule has 148 valence electrons. The molecule has 0 atom stereocenters. The predicted octanol–water partition coefficient (Wildman–Crippen LogP) is 3.76. The molecule has 0 radical (unpaired) electrons. The van der Waals surface area contributed by atoms with Gasteiger partial charge in [-0.2, -0.15) is 5.10 Å². The summed E-state index contributed by atoms with van der Waals surface area (Å²) in [6, 6.07) is 11.8. The predicted molar refractivity (Wildman–Crippen MR) is 113 cm³/mol. The Labute approximate surface area is 173 Å². The largest absolute Gasteiger partial charge is 0.469 e. The first-order valence-corrected chi connectivity index (χ1v) is 10.3. The summed E-state index contributed by atoms with van der Waals surface area (Å²) in [7, 11) is 0. The van der Waals surface area contributed by atoms with Crippen LogP contribution in [0.25, 0.3) is 11.4 Å². The van der Waals surface area contributed by atoms with Crippen LogP contribution < -0.4 is 0 Å². The van der Waals surface area contributed by atoms with Crippen LogP contribution in [0.4, 0.5) is 0 Å². The van der Waals surface area contributed by atoms with Gasteiger partial charge in [0, 0.05) is 13.0 Å². The van der Waals surface area contributed by atoms with E-state index in [-0.39, 0.29) is 11.7 Å². The summed E-state index contributed by atoms with van der Waals surface area (Å²) < 4.78 is 7.32. The number of benzene rings is 1. The van der Waals surface area contributed by atoms with E-state index in [1.54, 1.807) is 17.3 Å². The molecule has 0 fully saturated rings. The Kier molecular flexibility index (Phi) is 5.62. The summed E-state index contributed by atoms with van der Waals surface area (Å²) >= 11 is 1.35. The van der Waals surface area contributed by atoms with Crippen LogP contribution in [-0.4, -0.2) is 43.7 Å². The summed E-state index contributed by atoms with van der Waals surface area (Å²) in [5, 5.41) is 15.3. The molecule has 0 unspecified atom stereocenters. The Hall–Kier alpha value is -3.13. The van der Waals surface area contributed by atoms with Gasteiger partial charge in [-0.05, 0) is 18.6 Å². The van der Waals surface area contributed by atoms with Crippen LogP contribution in [-0.2, 0) is 11.3 Å². The van der Waals surface area contributed by atoms with Crippen LogP contribution in [0.5, 0.6) is 0 Å². The number of aromatic nitrogens is 3. The second-order valence-corrected chi connectivity index (χ2v) is 7.51. The lowest BCUT2D eigenvalue weighted by Crippen LogP contribution is -2.25. The molecule has 0 spiro atoms. The van der Waals surface area contributed by atoms with Crippen LogP contribution in [0.15, 0.2) is 70.0 Å². The van der Waals surface area contributed by atoms with E-state index in [0.717, 1.165) is 29.0 Å². The fraction of sp³-hybridized carbons (Fsp3) is 0.238. The van der Waals surface area contributed by atoms with Gasteiger partial charge in [0.15, 0.2) is 11.0 Å². The molecule has 7 nitrogen and oxygen atoms in total. The smallest absolute Gasteiger partial charge is 0.253 e. The zero-order chi connectivity index (χ0) is 20.2. The Morgan fingerprint density at radius 1 is 1.28 bits per heavy atom. The zero-order valence-electron chi connectivity index (χ0n) is 16.1. The average molecular weight is 407 g/mol. The number of hydrazone groups is 1. The van der Waals surface area contributed by atoms with Gasteiger partial charge in [-0.15, -0.1) is 16.8 Å². The quantitative estimate of drug-likeness (QED) is 0.440. The topological polar surface area (TPSA) is 76.5 Å². The van der Waals surface area contributed by atoms with Crippen LogP contribution >= 0.6 is 11.8 Å². The van der Waals surface area contributed by atoms with E-state index >= 15 is 0 Å². The van der Waals surface area contributed by atoms with Gasteiger partial charge in [-0.1, -0.05) is 48.2 Å². The number of carbonyl (C=O) groups excluding carboxylic acids is 1. The molecule has 29 heavy (non-hydrogen) atoms. The van der Waals surface area contributed by atoms with Crippen LogP contribution in [0.1, 0.15) is 17.7 Å². The summed E-state index contributed by atoms with van der Waals surface area (Å²) in [6.07, 6.45) is 4.17. The van der Waals surface area contributed by atoms with Crippen molar-refractivity contribution < 1.29 is 9.21 Å². The van der Waals surface area contributed by atoms with Crippen molar-refractivity contribution in [3.8, 4) is 11.4 Å². The van der Waals surface area contributed by atoms with Gasteiger partial charge >= 0.3 is 0 Å². The van der Waals surface area contributed by atoms with E-state index in [2.05, 4.69) is 21.9 Å². The minimum atomic E-state index is -0.0462. The van der Waals surface area contributed by atoms with Crippen LogP contribution in [0.2, 0.25) is 0 Å². The Morgan fingerprint density at radius 3 is 2.83 bits per heavy atom. The lowest BCUT2D eigenvalue weighted by atomic mass is 10.1. The summed E-state index contributed by atoms with van der Waals surface area (Å²) in [5.74, 6) is 1.67. The maximum atomic E-state index is 12.7. The molecule has 0 N–H and O–H groups in total. The van der Waals surface area contributed by atoms with E-state index in [1.165, 1.54) is 11.8 Å². The van der Waals surface area contributed by atoms with Gasteiger partial charge in [0.2, 0.25) is 0 Å². The Bertz CT molecular complexity index is 1050. The number of allylic oxidation sites excluding steroid dienone is 1. The molecular formula is C21H21N5O2S. The van der Waals surface area contributed by atoms with Gasteiger partial charge in [-0.25, -0.2) is 5.01 Å². The van der Waals surface area contributed by atoms with Gasteiger partial charge in [0.1, 0.15) is 5.76 Å². The van der Waals surface area contributed by atoms with Crippen molar-refractivity contribution >= 4 is 23.4 Å².